The van der Waals surface area contributed by atoms with Gasteiger partial charge < -0.3 is 15.4 Å². The van der Waals surface area contributed by atoms with E-state index in [4.69, 9.17) is 0 Å². The lowest BCUT2D eigenvalue weighted by Gasteiger charge is -2.09. The third-order valence-electron chi connectivity index (χ3n) is 3.59. The molecule has 0 aromatic heterocycles. The second-order valence-corrected chi connectivity index (χ2v) is 5.30. The van der Waals surface area contributed by atoms with E-state index >= 15 is 0 Å². The number of amides is 2. The van der Waals surface area contributed by atoms with Crippen LogP contribution in [0.3, 0.4) is 0 Å². The highest BCUT2D eigenvalue weighted by atomic mass is 16.5. The molecule has 0 heterocycles. The zero-order valence-corrected chi connectivity index (χ0v) is 13.5. The SMILES string of the molecule is COC(=O)c1ccc(CNC(=O)Nc2ccc(C)c(C)c2)cc1. The van der Waals surface area contributed by atoms with Crippen LogP contribution in [-0.4, -0.2) is 19.1 Å². The molecule has 23 heavy (non-hydrogen) atoms. The molecule has 2 amide bonds. The Hall–Kier alpha value is -2.82. The first-order chi connectivity index (χ1) is 11.0. The van der Waals surface area contributed by atoms with Gasteiger partial charge in [-0.2, -0.15) is 0 Å². The molecular formula is C18H20N2O3. The molecule has 2 N–H and O–H groups in total. The summed E-state index contributed by atoms with van der Waals surface area (Å²) in [4.78, 5) is 23.3. The van der Waals surface area contributed by atoms with Crippen molar-refractivity contribution < 1.29 is 14.3 Å². The molecule has 0 saturated heterocycles. The standard InChI is InChI=1S/C18H20N2O3/c1-12-4-9-16(10-13(12)2)20-18(22)19-11-14-5-7-15(8-6-14)17(21)23-3/h4-10H,11H2,1-3H3,(H2,19,20,22). The third-order valence-corrected chi connectivity index (χ3v) is 3.59. The van der Waals surface area contributed by atoms with Gasteiger partial charge in [0.15, 0.2) is 0 Å². The highest BCUT2D eigenvalue weighted by molar-refractivity contribution is 5.90. The number of hydrogen-bond donors (Lipinski definition) is 2. The van der Waals surface area contributed by atoms with Crippen LogP contribution < -0.4 is 10.6 Å². The van der Waals surface area contributed by atoms with Crippen LogP contribution in [0.2, 0.25) is 0 Å². The summed E-state index contributed by atoms with van der Waals surface area (Å²) in [5, 5.41) is 5.57. The molecule has 0 aliphatic rings. The highest BCUT2D eigenvalue weighted by Gasteiger charge is 2.06. The van der Waals surface area contributed by atoms with E-state index < -0.39 is 0 Å². The van der Waals surface area contributed by atoms with Crippen molar-refractivity contribution in [3.63, 3.8) is 0 Å². The number of ether oxygens (including phenoxy) is 1. The van der Waals surface area contributed by atoms with Crippen molar-refractivity contribution in [3.05, 3.63) is 64.7 Å². The summed E-state index contributed by atoms with van der Waals surface area (Å²) >= 11 is 0. The van der Waals surface area contributed by atoms with Crippen LogP contribution >= 0.6 is 0 Å². The number of anilines is 1. The quantitative estimate of drug-likeness (QED) is 0.850. The van der Waals surface area contributed by atoms with Gasteiger partial charge in [0.2, 0.25) is 0 Å². The first kappa shape index (κ1) is 16.5. The monoisotopic (exact) mass is 312 g/mol. The minimum Gasteiger partial charge on any atom is -0.465 e. The van der Waals surface area contributed by atoms with E-state index in [9.17, 15) is 9.59 Å². The van der Waals surface area contributed by atoms with Crippen LogP contribution in [0.4, 0.5) is 10.5 Å². The van der Waals surface area contributed by atoms with Crippen molar-refractivity contribution in [1.82, 2.24) is 5.32 Å². The molecule has 0 aliphatic heterocycles. The van der Waals surface area contributed by atoms with E-state index in [1.165, 1.54) is 12.7 Å². The zero-order valence-electron chi connectivity index (χ0n) is 13.5. The summed E-state index contributed by atoms with van der Waals surface area (Å²) in [6, 6.07) is 12.4. The lowest BCUT2D eigenvalue weighted by atomic mass is 10.1. The topological polar surface area (TPSA) is 67.4 Å². The van der Waals surface area contributed by atoms with Gasteiger partial charge in [0.1, 0.15) is 0 Å². The van der Waals surface area contributed by atoms with E-state index in [1.54, 1.807) is 24.3 Å². The minimum absolute atomic E-state index is 0.273. The van der Waals surface area contributed by atoms with Crippen LogP contribution in [0.25, 0.3) is 0 Å². The number of urea groups is 1. The maximum atomic E-state index is 11.9. The molecule has 0 aliphatic carbocycles. The number of nitrogens with one attached hydrogen (secondary N) is 2. The van der Waals surface area contributed by atoms with E-state index in [-0.39, 0.29) is 12.0 Å². The molecule has 0 spiro atoms. The number of carbonyl (C=O) groups excluding carboxylic acids is 2. The largest absolute Gasteiger partial charge is 0.465 e. The Labute approximate surface area is 135 Å². The predicted molar refractivity (Wildman–Crippen MR) is 89.6 cm³/mol. The van der Waals surface area contributed by atoms with Crippen molar-refractivity contribution in [1.29, 1.82) is 0 Å². The normalized spacial score (nSPS) is 10.0. The molecule has 120 valence electrons. The lowest BCUT2D eigenvalue weighted by molar-refractivity contribution is 0.0600. The molecule has 2 aromatic rings. The van der Waals surface area contributed by atoms with Crippen LogP contribution in [0.5, 0.6) is 0 Å². The average Bonchev–Trinajstić information content (AvgIpc) is 2.56. The van der Waals surface area contributed by atoms with Gasteiger partial charge in [0.25, 0.3) is 0 Å². The van der Waals surface area contributed by atoms with Gasteiger partial charge in [-0.25, -0.2) is 9.59 Å². The number of aryl methyl sites for hydroxylation is 2. The molecule has 0 bridgehead atoms. The van der Waals surface area contributed by atoms with E-state index in [0.717, 1.165) is 16.8 Å². The summed E-state index contributed by atoms with van der Waals surface area (Å²) in [6.45, 7) is 4.40. The Kier molecular flexibility index (Phi) is 5.36. The first-order valence-electron chi connectivity index (χ1n) is 7.29. The van der Waals surface area contributed by atoms with E-state index in [2.05, 4.69) is 15.4 Å². The van der Waals surface area contributed by atoms with Gasteiger partial charge in [-0.15, -0.1) is 0 Å². The lowest BCUT2D eigenvalue weighted by Crippen LogP contribution is -2.28. The van der Waals surface area contributed by atoms with Crippen LogP contribution in [0.15, 0.2) is 42.5 Å². The van der Waals surface area contributed by atoms with Crippen LogP contribution in [0, 0.1) is 13.8 Å². The Balaban J connectivity index is 1.88. The Morgan fingerprint density at radius 2 is 1.70 bits per heavy atom. The highest BCUT2D eigenvalue weighted by Crippen LogP contribution is 2.14. The molecule has 0 fully saturated rings. The number of methoxy groups -OCH3 is 1. The van der Waals surface area contributed by atoms with E-state index in [1.807, 2.05) is 32.0 Å². The van der Waals surface area contributed by atoms with Crippen molar-refractivity contribution in [3.8, 4) is 0 Å². The van der Waals surface area contributed by atoms with Crippen molar-refractivity contribution in [2.24, 2.45) is 0 Å². The van der Waals surface area contributed by atoms with Gasteiger partial charge in [-0.1, -0.05) is 18.2 Å². The Bertz CT molecular complexity index is 709. The fourth-order valence-corrected chi connectivity index (χ4v) is 2.05. The van der Waals surface area contributed by atoms with Gasteiger partial charge in [-0.3, -0.25) is 0 Å². The van der Waals surface area contributed by atoms with Crippen molar-refractivity contribution in [2.75, 3.05) is 12.4 Å². The molecule has 0 saturated carbocycles. The second-order valence-electron chi connectivity index (χ2n) is 5.30. The second kappa shape index (κ2) is 7.45. The summed E-state index contributed by atoms with van der Waals surface area (Å²) in [5.74, 6) is -0.378. The molecule has 5 nitrogen and oxygen atoms in total. The number of hydrogen-bond acceptors (Lipinski definition) is 3. The van der Waals surface area contributed by atoms with E-state index in [0.29, 0.717) is 12.1 Å². The predicted octanol–water partition coefficient (Wildman–Crippen LogP) is 3.41. The maximum absolute atomic E-state index is 11.9. The van der Waals surface area contributed by atoms with Crippen LogP contribution in [0.1, 0.15) is 27.0 Å². The summed E-state index contributed by atoms with van der Waals surface area (Å²) in [7, 11) is 1.34. The number of benzene rings is 2. The zero-order chi connectivity index (χ0) is 16.8. The number of rotatable bonds is 4. The molecule has 2 aromatic carbocycles. The van der Waals surface area contributed by atoms with Gasteiger partial charge in [0.05, 0.1) is 12.7 Å². The number of carbonyl (C=O) groups is 2. The Morgan fingerprint density at radius 1 is 1.00 bits per heavy atom. The summed E-state index contributed by atoms with van der Waals surface area (Å²) in [5.41, 5.74) is 4.44. The minimum atomic E-state index is -0.378. The molecule has 0 unspecified atom stereocenters. The van der Waals surface area contributed by atoms with Gasteiger partial charge in [0, 0.05) is 12.2 Å². The van der Waals surface area contributed by atoms with Gasteiger partial charge in [-0.05, 0) is 54.8 Å². The fraction of sp³-hybridized carbons (Fsp3) is 0.222. The molecule has 2 rings (SSSR count). The first-order valence-corrected chi connectivity index (χ1v) is 7.29. The van der Waals surface area contributed by atoms with Crippen LogP contribution in [-0.2, 0) is 11.3 Å². The maximum Gasteiger partial charge on any atom is 0.337 e. The fourth-order valence-electron chi connectivity index (χ4n) is 2.05. The number of esters is 1. The van der Waals surface area contributed by atoms with Crippen molar-refractivity contribution in [2.45, 2.75) is 20.4 Å². The smallest absolute Gasteiger partial charge is 0.337 e. The summed E-state index contributed by atoms with van der Waals surface area (Å²) < 4.78 is 4.64. The third kappa shape index (κ3) is 4.57. The summed E-state index contributed by atoms with van der Waals surface area (Å²) in [6.07, 6.45) is 0. The molecule has 0 radical (unpaired) electrons. The van der Waals surface area contributed by atoms with Gasteiger partial charge >= 0.3 is 12.0 Å². The average molecular weight is 312 g/mol. The Morgan fingerprint density at radius 3 is 2.30 bits per heavy atom. The van der Waals surface area contributed by atoms with Crippen molar-refractivity contribution >= 4 is 17.7 Å². The molecule has 0 atom stereocenters. The molecule has 5 heteroatoms. The molecular weight excluding hydrogens is 292 g/mol.